The summed E-state index contributed by atoms with van der Waals surface area (Å²) < 4.78 is 5.20. The Bertz CT molecular complexity index is 900. The van der Waals surface area contributed by atoms with Gasteiger partial charge in [-0.2, -0.15) is 0 Å². The van der Waals surface area contributed by atoms with Crippen molar-refractivity contribution in [3.8, 4) is 16.3 Å². The van der Waals surface area contributed by atoms with Gasteiger partial charge in [0.25, 0.3) is 5.91 Å². The molecule has 2 aromatic rings. The number of methoxy groups -OCH3 is 1. The number of carbonyl (C=O) groups excluding carboxylic acids is 2. The van der Waals surface area contributed by atoms with E-state index < -0.39 is 0 Å². The van der Waals surface area contributed by atoms with Gasteiger partial charge in [-0.15, -0.1) is 11.3 Å². The number of aromatic nitrogens is 1. The van der Waals surface area contributed by atoms with Gasteiger partial charge in [0.15, 0.2) is 0 Å². The third kappa shape index (κ3) is 4.91. The fourth-order valence-electron chi connectivity index (χ4n) is 4.25. The molecule has 2 amide bonds. The van der Waals surface area contributed by atoms with Crippen molar-refractivity contribution in [3.63, 3.8) is 0 Å². The Kier molecular flexibility index (Phi) is 6.87. The smallest absolute Gasteiger partial charge is 0.273 e. The number of thiazole rings is 1. The van der Waals surface area contributed by atoms with Crippen LogP contribution in [-0.4, -0.2) is 83.9 Å². The SMILES string of the molecule is COc1ccc(-c2nc(C(=O)N3CCN(C(C)C(=O)N4CCCCC4)CC3)cs2)cc1. The summed E-state index contributed by atoms with van der Waals surface area (Å²) in [6, 6.07) is 7.56. The predicted molar refractivity (Wildman–Crippen MR) is 121 cm³/mol. The second-order valence-electron chi connectivity index (χ2n) is 8.16. The second kappa shape index (κ2) is 9.78. The maximum atomic E-state index is 13.0. The van der Waals surface area contributed by atoms with Crippen LogP contribution in [0.4, 0.5) is 0 Å². The van der Waals surface area contributed by atoms with Crippen LogP contribution in [0.3, 0.4) is 0 Å². The molecule has 1 unspecified atom stereocenters. The van der Waals surface area contributed by atoms with E-state index in [1.165, 1.54) is 17.8 Å². The first kappa shape index (κ1) is 21.8. The number of benzene rings is 1. The summed E-state index contributed by atoms with van der Waals surface area (Å²) in [6.07, 6.45) is 3.43. The van der Waals surface area contributed by atoms with Crippen LogP contribution in [0.1, 0.15) is 36.7 Å². The van der Waals surface area contributed by atoms with E-state index in [4.69, 9.17) is 4.74 Å². The van der Waals surface area contributed by atoms with Gasteiger partial charge in [0.1, 0.15) is 16.5 Å². The Hall–Kier alpha value is -2.45. The predicted octanol–water partition coefficient (Wildman–Crippen LogP) is 2.98. The summed E-state index contributed by atoms with van der Waals surface area (Å²) >= 11 is 1.47. The zero-order valence-corrected chi connectivity index (χ0v) is 19.1. The summed E-state index contributed by atoms with van der Waals surface area (Å²) in [5.74, 6) is 0.983. The number of rotatable bonds is 5. The molecule has 0 saturated carbocycles. The van der Waals surface area contributed by atoms with Gasteiger partial charge in [-0.05, 0) is 50.5 Å². The zero-order valence-electron chi connectivity index (χ0n) is 18.2. The van der Waals surface area contributed by atoms with Crippen molar-refractivity contribution in [3.05, 3.63) is 35.3 Å². The lowest BCUT2D eigenvalue weighted by Gasteiger charge is -2.39. The van der Waals surface area contributed by atoms with E-state index in [0.717, 1.165) is 42.3 Å². The largest absolute Gasteiger partial charge is 0.497 e. The number of carbonyl (C=O) groups is 2. The maximum absolute atomic E-state index is 13.0. The first-order valence-corrected chi connectivity index (χ1v) is 11.9. The monoisotopic (exact) mass is 442 g/mol. The number of ether oxygens (including phenoxy) is 1. The second-order valence-corrected chi connectivity index (χ2v) is 9.01. The Balaban J connectivity index is 1.33. The molecule has 1 aromatic heterocycles. The first-order valence-electron chi connectivity index (χ1n) is 11.0. The van der Waals surface area contributed by atoms with Crippen LogP contribution in [0.5, 0.6) is 5.75 Å². The number of piperidine rings is 1. The molecule has 8 heteroatoms. The van der Waals surface area contributed by atoms with Gasteiger partial charge in [0.05, 0.1) is 13.2 Å². The Labute approximate surface area is 187 Å². The summed E-state index contributed by atoms with van der Waals surface area (Å²) in [6.45, 7) is 6.40. The molecule has 1 aromatic carbocycles. The number of hydrogen-bond donors (Lipinski definition) is 0. The molecule has 0 bridgehead atoms. The van der Waals surface area contributed by atoms with Crippen LogP contribution in [-0.2, 0) is 4.79 Å². The summed E-state index contributed by atoms with van der Waals surface area (Å²) in [5.41, 5.74) is 1.46. The van der Waals surface area contributed by atoms with Gasteiger partial charge < -0.3 is 14.5 Å². The van der Waals surface area contributed by atoms with Crippen molar-refractivity contribution >= 4 is 23.2 Å². The minimum atomic E-state index is -0.128. The van der Waals surface area contributed by atoms with Crippen LogP contribution in [0.2, 0.25) is 0 Å². The number of hydrogen-bond acceptors (Lipinski definition) is 6. The van der Waals surface area contributed by atoms with Gasteiger partial charge in [-0.25, -0.2) is 4.98 Å². The summed E-state index contributed by atoms with van der Waals surface area (Å²) in [5, 5.41) is 2.65. The molecular weight excluding hydrogens is 412 g/mol. The van der Waals surface area contributed by atoms with Crippen LogP contribution in [0.25, 0.3) is 10.6 Å². The average molecular weight is 443 g/mol. The highest BCUT2D eigenvalue weighted by Crippen LogP contribution is 2.26. The fourth-order valence-corrected chi connectivity index (χ4v) is 5.05. The molecule has 3 heterocycles. The highest BCUT2D eigenvalue weighted by molar-refractivity contribution is 7.13. The Morgan fingerprint density at radius 1 is 0.968 bits per heavy atom. The van der Waals surface area contributed by atoms with E-state index >= 15 is 0 Å². The highest BCUT2D eigenvalue weighted by atomic mass is 32.1. The fraction of sp³-hybridized carbons (Fsp3) is 0.522. The van der Waals surface area contributed by atoms with Gasteiger partial charge >= 0.3 is 0 Å². The van der Waals surface area contributed by atoms with Crippen molar-refractivity contribution in [2.45, 2.75) is 32.2 Å². The molecule has 2 saturated heterocycles. The van der Waals surface area contributed by atoms with E-state index in [0.29, 0.717) is 31.9 Å². The van der Waals surface area contributed by atoms with Crippen LogP contribution in [0.15, 0.2) is 29.6 Å². The van der Waals surface area contributed by atoms with E-state index in [1.54, 1.807) is 7.11 Å². The van der Waals surface area contributed by atoms with Crippen molar-refractivity contribution in [1.82, 2.24) is 19.7 Å². The van der Waals surface area contributed by atoms with Gasteiger partial charge in [0.2, 0.25) is 5.91 Å². The molecule has 7 nitrogen and oxygen atoms in total. The van der Waals surface area contributed by atoms with Crippen molar-refractivity contribution in [2.24, 2.45) is 0 Å². The molecule has 2 fully saturated rings. The molecule has 2 aliphatic rings. The third-order valence-corrected chi connectivity index (χ3v) is 7.13. The number of likely N-dealkylation sites (tertiary alicyclic amines) is 1. The van der Waals surface area contributed by atoms with E-state index in [1.807, 2.05) is 46.4 Å². The van der Waals surface area contributed by atoms with Crippen molar-refractivity contribution < 1.29 is 14.3 Å². The average Bonchev–Trinajstić information content (AvgIpc) is 3.34. The van der Waals surface area contributed by atoms with Gasteiger partial charge in [-0.1, -0.05) is 0 Å². The molecule has 0 N–H and O–H groups in total. The molecule has 0 aliphatic carbocycles. The molecular formula is C23H30N4O3S. The lowest BCUT2D eigenvalue weighted by atomic mass is 10.1. The minimum Gasteiger partial charge on any atom is -0.497 e. The molecule has 166 valence electrons. The first-order chi connectivity index (χ1) is 15.1. The number of nitrogens with zero attached hydrogens (tertiary/aromatic N) is 4. The highest BCUT2D eigenvalue weighted by Gasteiger charge is 2.31. The maximum Gasteiger partial charge on any atom is 0.273 e. The van der Waals surface area contributed by atoms with E-state index in [2.05, 4.69) is 9.88 Å². The number of amides is 2. The van der Waals surface area contributed by atoms with Gasteiger partial charge in [-0.3, -0.25) is 14.5 Å². The lowest BCUT2D eigenvalue weighted by Crippen LogP contribution is -2.56. The third-order valence-electron chi connectivity index (χ3n) is 6.23. The van der Waals surface area contributed by atoms with Crippen molar-refractivity contribution in [1.29, 1.82) is 0 Å². The van der Waals surface area contributed by atoms with Crippen LogP contribution >= 0.6 is 11.3 Å². The Morgan fingerprint density at radius 3 is 2.29 bits per heavy atom. The normalized spacial score (nSPS) is 18.6. The standard InChI is InChI=1S/C23H30N4O3S/c1-17(22(28)26-10-4-3-5-11-26)25-12-14-27(15-13-25)23(29)20-16-31-21(24-20)18-6-8-19(30-2)9-7-18/h6-9,16-17H,3-5,10-15H2,1-2H3. The Morgan fingerprint density at radius 2 is 1.65 bits per heavy atom. The van der Waals surface area contributed by atoms with E-state index in [9.17, 15) is 9.59 Å². The molecule has 0 radical (unpaired) electrons. The lowest BCUT2D eigenvalue weighted by molar-refractivity contribution is -0.137. The minimum absolute atomic E-state index is 0.0364. The van der Waals surface area contributed by atoms with Crippen LogP contribution < -0.4 is 4.74 Å². The summed E-state index contributed by atoms with van der Waals surface area (Å²) in [4.78, 5) is 36.4. The molecule has 1 atom stereocenters. The zero-order chi connectivity index (χ0) is 21.8. The van der Waals surface area contributed by atoms with Crippen LogP contribution in [0, 0.1) is 0 Å². The van der Waals surface area contributed by atoms with E-state index in [-0.39, 0.29) is 17.9 Å². The molecule has 2 aliphatic heterocycles. The topological polar surface area (TPSA) is 66.0 Å². The van der Waals surface area contributed by atoms with Gasteiger partial charge in [0, 0.05) is 50.2 Å². The molecule has 4 rings (SSSR count). The molecule has 31 heavy (non-hydrogen) atoms. The molecule has 0 spiro atoms. The summed E-state index contributed by atoms with van der Waals surface area (Å²) in [7, 11) is 1.64. The number of piperazine rings is 1. The quantitative estimate of drug-likeness (QED) is 0.712. The van der Waals surface area contributed by atoms with Crippen molar-refractivity contribution in [2.75, 3.05) is 46.4 Å².